The van der Waals surface area contributed by atoms with Crippen LogP contribution < -0.4 is 10.6 Å². The van der Waals surface area contributed by atoms with E-state index in [0.717, 1.165) is 0 Å². The van der Waals surface area contributed by atoms with Gasteiger partial charge in [-0.15, -0.1) is 0 Å². The number of hydrogen-bond donors (Lipinski definition) is 2. The predicted octanol–water partition coefficient (Wildman–Crippen LogP) is 2.47. The van der Waals surface area contributed by atoms with Crippen LogP contribution in [0.2, 0.25) is 0 Å². The second-order valence-corrected chi connectivity index (χ2v) is 4.55. The van der Waals surface area contributed by atoms with Crippen molar-refractivity contribution in [2.24, 2.45) is 0 Å². The Bertz CT molecular complexity index is 370. The predicted molar refractivity (Wildman–Crippen MR) is 66.5 cm³/mol. The van der Waals surface area contributed by atoms with Crippen molar-refractivity contribution in [1.29, 1.82) is 0 Å². The number of anilines is 1. The fourth-order valence-corrected chi connectivity index (χ4v) is 1.65. The number of carbonyl (C=O) groups excluding carboxylic acids is 1. The van der Waals surface area contributed by atoms with Crippen molar-refractivity contribution in [3.63, 3.8) is 0 Å². The summed E-state index contributed by atoms with van der Waals surface area (Å²) in [6, 6.07) is 8.85. The van der Waals surface area contributed by atoms with Crippen LogP contribution in [0.25, 0.3) is 0 Å². The van der Waals surface area contributed by atoms with E-state index in [-0.39, 0.29) is 36.5 Å². The van der Waals surface area contributed by atoms with Crippen molar-refractivity contribution in [3.05, 3.63) is 30.3 Å². The Morgan fingerprint density at radius 1 is 1.22 bits per heavy atom. The minimum absolute atomic E-state index is 0.00664. The quantitative estimate of drug-likeness (QED) is 0.785. The lowest BCUT2D eigenvalue weighted by Gasteiger charge is -2.07. The topological polar surface area (TPSA) is 41.1 Å². The summed E-state index contributed by atoms with van der Waals surface area (Å²) in [7, 11) is 0. The molecule has 0 heterocycles. The fourth-order valence-electron chi connectivity index (χ4n) is 1.17. The number of rotatable bonds is 6. The third-order valence-corrected chi connectivity index (χ3v) is 2.62. The maximum absolute atomic E-state index is 11.8. The Balaban J connectivity index is 2.11. The van der Waals surface area contributed by atoms with Crippen LogP contribution in [0.4, 0.5) is 18.9 Å². The molecule has 0 saturated carbocycles. The van der Waals surface area contributed by atoms with Crippen molar-refractivity contribution >= 4 is 23.4 Å². The molecule has 0 bridgehead atoms. The Kier molecular flexibility index (Phi) is 6.00. The molecule has 1 aromatic carbocycles. The van der Waals surface area contributed by atoms with Crippen LogP contribution in [-0.4, -0.2) is 30.3 Å². The lowest BCUT2D eigenvalue weighted by atomic mass is 10.3. The first kappa shape index (κ1) is 14.8. The van der Waals surface area contributed by atoms with Gasteiger partial charge in [-0.25, -0.2) is 0 Å². The van der Waals surface area contributed by atoms with E-state index in [0.29, 0.717) is 5.69 Å². The molecule has 0 aliphatic heterocycles. The maximum atomic E-state index is 11.8. The first-order chi connectivity index (χ1) is 8.47. The SMILES string of the molecule is O=C(CNCCSC(F)(F)F)Nc1ccccc1. The molecule has 0 aliphatic rings. The monoisotopic (exact) mass is 278 g/mol. The van der Waals surface area contributed by atoms with Gasteiger partial charge in [0.2, 0.25) is 5.91 Å². The average Bonchev–Trinajstić information content (AvgIpc) is 2.28. The Hall–Kier alpha value is -1.21. The molecule has 1 amide bonds. The standard InChI is InChI=1S/C11H13F3N2OS/c12-11(13,14)18-7-6-15-8-10(17)16-9-4-2-1-3-5-9/h1-5,15H,6-8H2,(H,16,17). The number of para-hydroxylation sites is 1. The number of amides is 1. The van der Waals surface area contributed by atoms with Gasteiger partial charge in [-0.05, 0) is 23.9 Å². The maximum Gasteiger partial charge on any atom is 0.441 e. The van der Waals surface area contributed by atoms with Gasteiger partial charge in [0.1, 0.15) is 0 Å². The van der Waals surface area contributed by atoms with Crippen LogP contribution in [0.5, 0.6) is 0 Å². The number of alkyl halides is 3. The van der Waals surface area contributed by atoms with Crippen molar-refractivity contribution in [1.82, 2.24) is 5.32 Å². The summed E-state index contributed by atoms with van der Waals surface area (Å²) < 4.78 is 35.4. The summed E-state index contributed by atoms with van der Waals surface area (Å²) in [5, 5.41) is 5.26. The number of hydrogen-bond acceptors (Lipinski definition) is 3. The van der Waals surface area contributed by atoms with Gasteiger partial charge >= 0.3 is 5.51 Å². The highest BCUT2D eigenvalue weighted by atomic mass is 32.2. The van der Waals surface area contributed by atoms with Gasteiger partial charge in [0, 0.05) is 18.0 Å². The third kappa shape index (κ3) is 7.18. The fraction of sp³-hybridized carbons (Fsp3) is 0.364. The van der Waals surface area contributed by atoms with Gasteiger partial charge in [0.25, 0.3) is 0 Å². The van der Waals surface area contributed by atoms with E-state index in [2.05, 4.69) is 10.6 Å². The van der Waals surface area contributed by atoms with Gasteiger partial charge in [-0.1, -0.05) is 18.2 Å². The number of benzene rings is 1. The van der Waals surface area contributed by atoms with Crippen molar-refractivity contribution in [2.75, 3.05) is 24.2 Å². The molecule has 0 fully saturated rings. The van der Waals surface area contributed by atoms with Crippen molar-refractivity contribution in [3.8, 4) is 0 Å². The average molecular weight is 278 g/mol. The summed E-state index contributed by atoms with van der Waals surface area (Å²) >= 11 is -0.105. The molecule has 0 aromatic heterocycles. The lowest BCUT2D eigenvalue weighted by Crippen LogP contribution is -2.29. The number of thioether (sulfide) groups is 1. The smallest absolute Gasteiger partial charge is 0.325 e. The molecule has 0 saturated heterocycles. The van der Waals surface area contributed by atoms with Crippen LogP contribution >= 0.6 is 11.8 Å². The van der Waals surface area contributed by atoms with Crippen LogP contribution in [-0.2, 0) is 4.79 Å². The molecule has 1 aromatic rings. The summed E-state index contributed by atoms with van der Waals surface area (Å²) in [5.74, 6) is -0.388. The third-order valence-electron chi connectivity index (χ3n) is 1.89. The lowest BCUT2D eigenvalue weighted by molar-refractivity contribution is -0.115. The Morgan fingerprint density at radius 2 is 1.89 bits per heavy atom. The van der Waals surface area contributed by atoms with Gasteiger partial charge in [-0.3, -0.25) is 4.79 Å². The normalized spacial score (nSPS) is 11.3. The molecule has 7 heteroatoms. The van der Waals surface area contributed by atoms with E-state index in [4.69, 9.17) is 0 Å². The molecule has 0 radical (unpaired) electrons. The van der Waals surface area contributed by atoms with Crippen LogP contribution in [0.3, 0.4) is 0 Å². The Morgan fingerprint density at radius 3 is 2.50 bits per heavy atom. The highest BCUT2D eigenvalue weighted by molar-refractivity contribution is 8.00. The highest BCUT2D eigenvalue weighted by Gasteiger charge is 2.27. The van der Waals surface area contributed by atoms with E-state index in [1.54, 1.807) is 24.3 Å². The minimum atomic E-state index is -4.21. The molecule has 0 spiro atoms. The molecular weight excluding hydrogens is 265 g/mol. The molecule has 2 N–H and O–H groups in total. The van der Waals surface area contributed by atoms with Crippen LogP contribution in [0.15, 0.2) is 30.3 Å². The van der Waals surface area contributed by atoms with Crippen LogP contribution in [0.1, 0.15) is 0 Å². The second-order valence-electron chi connectivity index (χ2n) is 3.39. The van der Waals surface area contributed by atoms with Gasteiger partial charge < -0.3 is 10.6 Å². The van der Waals surface area contributed by atoms with Crippen LogP contribution in [0, 0.1) is 0 Å². The van der Waals surface area contributed by atoms with E-state index in [1.807, 2.05) is 6.07 Å². The first-order valence-corrected chi connectivity index (χ1v) is 6.22. The molecule has 0 unspecified atom stereocenters. The largest absolute Gasteiger partial charge is 0.441 e. The zero-order chi connectivity index (χ0) is 13.4. The minimum Gasteiger partial charge on any atom is -0.325 e. The molecule has 3 nitrogen and oxygen atoms in total. The van der Waals surface area contributed by atoms with E-state index >= 15 is 0 Å². The van der Waals surface area contributed by atoms with E-state index < -0.39 is 5.51 Å². The summed E-state index contributed by atoms with van der Waals surface area (Å²) in [6.07, 6.45) is 0. The number of carbonyl (C=O) groups is 1. The summed E-state index contributed by atoms with van der Waals surface area (Å²) in [6.45, 7) is 0.125. The van der Waals surface area contributed by atoms with Gasteiger partial charge in [-0.2, -0.15) is 13.2 Å². The number of halogens is 3. The molecule has 0 aliphatic carbocycles. The van der Waals surface area contributed by atoms with Crippen molar-refractivity contribution in [2.45, 2.75) is 5.51 Å². The van der Waals surface area contributed by atoms with Gasteiger partial charge in [0.15, 0.2) is 0 Å². The molecule has 1 rings (SSSR count). The Labute approximate surface area is 107 Å². The van der Waals surface area contributed by atoms with E-state index in [1.165, 1.54) is 0 Å². The summed E-state index contributed by atoms with van der Waals surface area (Å²) in [4.78, 5) is 11.4. The summed E-state index contributed by atoms with van der Waals surface area (Å²) in [5.41, 5.74) is -3.55. The molecule has 18 heavy (non-hydrogen) atoms. The second kappa shape index (κ2) is 7.27. The highest BCUT2D eigenvalue weighted by Crippen LogP contribution is 2.29. The molecule has 0 atom stereocenters. The first-order valence-electron chi connectivity index (χ1n) is 5.24. The number of nitrogens with one attached hydrogen (secondary N) is 2. The zero-order valence-corrected chi connectivity index (χ0v) is 10.3. The van der Waals surface area contributed by atoms with Crippen molar-refractivity contribution < 1.29 is 18.0 Å². The van der Waals surface area contributed by atoms with E-state index in [9.17, 15) is 18.0 Å². The molecular formula is C11H13F3N2OS. The molecule has 100 valence electrons. The van der Waals surface area contributed by atoms with Gasteiger partial charge in [0.05, 0.1) is 6.54 Å². The zero-order valence-electron chi connectivity index (χ0n) is 9.46.